The molecule has 142 valence electrons. The molecule has 0 aliphatic heterocycles. The van der Waals surface area contributed by atoms with Crippen molar-refractivity contribution in [1.29, 1.82) is 0 Å². The number of imidazole rings is 1. The van der Waals surface area contributed by atoms with E-state index in [1.54, 1.807) is 25.4 Å². The molecule has 0 amide bonds. The van der Waals surface area contributed by atoms with Crippen molar-refractivity contribution >= 4 is 11.5 Å². The van der Waals surface area contributed by atoms with Gasteiger partial charge in [-0.3, -0.25) is 9.55 Å². The van der Waals surface area contributed by atoms with Crippen molar-refractivity contribution in [3.05, 3.63) is 47.4 Å². The molecule has 1 aromatic carbocycles. The predicted octanol–water partition coefficient (Wildman–Crippen LogP) is 3.74. The van der Waals surface area contributed by atoms with Gasteiger partial charge < -0.3 is 16.2 Å². The minimum absolute atomic E-state index is 0.0254. The fraction of sp³-hybridized carbons (Fsp3) is 0.222. The lowest BCUT2D eigenvalue weighted by Gasteiger charge is -2.18. The van der Waals surface area contributed by atoms with Gasteiger partial charge >= 0.3 is 6.18 Å². The number of benzene rings is 1. The molecule has 0 saturated heterocycles. The van der Waals surface area contributed by atoms with Gasteiger partial charge in [0, 0.05) is 18.0 Å². The average Bonchev–Trinajstić information content (AvgIpc) is 2.89. The number of halogens is 3. The van der Waals surface area contributed by atoms with Crippen LogP contribution in [0, 0.1) is 13.8 Å². The molecule has 2 heterocycles. The number of nitrogen functional groups attached to an aromatic ring is 2. The summed E-state index contributed by atoms with van der Waals surface area (Å²) in [6.45, 7) is 3.51. The first-order valence-electron chi connectivity index (χ1n) is 7.96. The first kappa shape index (κ1) is 18.6. The third-order valence-electron chi connectivity index (χ3n) is 4.29. The number of aromatic nitrogens is 3. The standard InChI is InChI=1S/C18H18F3N5O/c1-9-4-5-24-8-12(9)17-25-10(2)16(23)26(17)13-6-11(18(19,20)21)7-14(27-3)15(13)22/h4-8H,22-23H2,1-3H3. The van der Waals surface area contributed by atoms with Gasteiger partial charge in [-0.15, -0.1) is 0 Å². The summed E-state index contributed by atoms with van der Waals surface area (Å²) in [4.78, 5) is 8.50. The van der Waals surface area contributed by atoms with E-state index in [-0.39, 0.29) is 22.9 Å². The van der Waals surface area contributed by atoms with E-state index in [1.165, 1.54) is 11.7 Å². The quantitative estimate of drug-likeness (QED) is 0.679. The fourth-order valence-electron chi connectivity index (χ4n) is 2.79. The van der Waals surface area contributed by atoms with Crippen LogP contribution in [0.15, 0.2) is 30.6 Å². The summed E-state index contributed by atoms with van der Waals surface area (Å²) in [5.74, 6) is 0.435. The summed E-state index contributed by atoms with van der Waals surface area (Å²) in [6.07, 6.45) is -1.39. The zero-order valence-electron chi connectivity index (χ0n) is 14.9. The van der Waals surface area contributed by atoms with Crippen LogP contribution in [0.5, 0.6) is 5.75 Å². The third kappa shape index (κ3) is 3.16. The molecule has 0 bridgehead atoms. The molecule has 4 N–H and O–H groups in total. The molecule has 0 unspecified atom stereocenters. The smallest absolute Gasteiger partial charge is 0.416 e. The molecule has 0 saturated carbocycles. The Hall–Kier alpha value is -3.23. The SMILES string of the molecule is COc1cc(C(F)(F)F)cc(-n2c(-c3cnccc3C)nc(C)c2N)c1N. The van der Waals surface area contributed by atoms with Gasteiger partial charge in [0.1, 0.15) is 17.4 Å². The van der Waals surface area contributed by atoms with Crippen LogP contribution in [-0.2, 0) is 6.18 Å². The summed E-state index contributed by atoms with van der Waals surface area (Å²) in [5.41, 5.74) is 13.3. The molecular formula is C18H18F3N5O. The summed E-state index contributed by atoms with van der Waals surface area (Å²) < 4.78 is 46.5. The maximum absolute atomic E-state index is 13.4. The van der Waals surface area contributed by atoms with Crippen LogP contribution in [0.1, 0.15) is 16.8 Å². The molecule has 2 aromatic heterocycles. The van der Waals surface area contributed by atoms with E-state index in [1.807, 2.05) is 6.92 Å². The lowest BCUT2D eigenvalue weighted by atomic mass is 10.1. The molecule has 0 radical (unpaired) electrons. The molecule has 0 fully saturated rings. The second kappa shape index (κ2) is 6.49. The average molecular weight is 377 g/mol. The highest BCUT2D eigenvalue weighted by atomic mass is 19.4. The maximum atomic E-state index is 13.4. The largest absolute Gasteiger partial charge is 0.495 e. The van der Waals surface area contributed by atoms with Crippen LogP contribution < -0.4 is 16.2 Å². The van der Waals surface area contributed by atoms with Crippen LogP contribution >= 0.6 is 0 Å². The Balaban J connectivity index is 2.37. The van der Waals surface area contributed by atoms with E-state index in [0.29, 0.717) is 17.1 Å². The molecule has 27 heavy (non-hydrogen) atoms. The van der Waals surface area contributed by atoms with Crippen molar-refractivity contribution in [3.8, 4) is 22.8 Å². The first-order valence-corrected chi connectivity index (χ1v) is 7.96. The lowest BCUT2D eigenvalue weighted by molar-refractivity contribution is -0.137. The minimum atomic E-state index is -4.58. The Morgan fingerprint density at radius 2 is 1.85 bits per heavy atom. The minimum Gasteiger partial charge on any atom is -0.495 e. The molecule has 0 aliphatic carbocycles. The normalized spacial score (nSPS) is 11.6. The van der Waals surface area contributed by atoms with Crippen molar-refractivity contribution in [1.82, 2.24) is 14.5 Å². The molecule has 9 heteroatoms. The van der Waals surface area contributed by atoms with E-state index in [2.05, 4.69) is 9.97 Å². The van der Waals surface area contributed by atoms with Gasteiger partial charge in [-0.1, -0.05) is 0 Å². The monoisotopic (exact) mass is 377 g/mol. The molecule has 3 aromatic rings. The predicted molar refractivity (Wildman–Crippen MR) is 96.6 cm³/mol. The number of aryl methyl sites for hydroxylation is 2. The highest BCUT2D eigenvalue weighted by molar-refractivity contribution is 5.75. The molecule has 6 nitrogen and oxygen atoms in total. The van der Waals surface area contributed by atoms with Crippen LogP contribution in [0.2, 0.25) is 0 Å². The third-order valence-corrected chi connectivity index (χ3v) is 4.29. The second-order valence-corrected chi connectivity index (χ2v) is 6.04. The fourth-order valence-corrected chi connectivity index (χ4v) is 2.79. The zero-order valence-corrected chi connectivity index (χ0v) is 14.9. The highest BCUT2D eigenvalue weighted by Crippen LogP contribution is 2.40. The first-order chi connectivity index (χ1) is 12.6. The Morgan fingerprint density at radius 3 is 2.44 bits per heavy atom. The van der Waals surface area contributed by atoms with E-state index in [0.717, 1.165) is 17.7 Å². The van der Waals surface area contributed by atoms with E-state index < -0.39 is 11.7 Å². The number of alkyl halides is 3. The van der Waals surface area contributed by atoms with E-state index in [9.17, 15) is 13.2 Å². The number of hydrogen-bond acceptors (Lipinski definition) is 5. The van der Waals surface area contributed by atoms with Crippen LogP contribution in [-0.4, -0.2) is 21.6 Å². The van der Waals surface area contributed by atoms with Gasteiger partial charge in [0.15, 0.2) is 0 Å². The summed E-state index contributed by atoms with van der Waals surface area (Å²) in [5, 5.41) is 0. The van der Waals surface area contributed by atoms with Crippen LogP contribution in [0.4, 0.5) is 24.7 Å². The zero-order chi connectivity index (χ0) is 19.9. The van der Waals surface area contributed by atoms with Gasteiger partial charge in [-0.2, -0.15) is 13.2 Å². The number of anilines is 2. The van der Waals surface area contributed by atoms with Crippen LogP contribution in [0.25, 0.3) is 17.1 Å². The van der Waals surface area contributed by atoms with Crippen molar-refractivity contribution in [2.75, 3.05) is 18.6 Å². The van der Waals surface area contributed by atoms with Crippen LogP contribution in [0.3, 0.4) is 0 Å². The van der Waals surface area contributed by atoms with Gasteiger partial charge in [0.2, 0.25) is 0 Å². The summed E-state index contributed by atoms with van der Waals surface area (Å²) >= 11 is 0. The summed E-state index contributed by atoms with van der Waals surface area (Å²) in [7, 11) is 1.25. The number of ether oxygens (including phenoxy) is 1. The van der Waals surface area contributed by atoms with Crippen molar-refractivity contribution in [2.24, 2.45) is 0 Å². The van der Waals surface area contributed by atoms with Gasteiger partial charge in [0.05, 0.1) is 29.7 Å². The van der Waals surface area contributed by atoms with E-state index in [4.69, 9.17) is 16.2 Å². The molecule has 0 spiro atoms. The number of hydrogen-bond donors (Lipinski definition) is 2. The lowest BCUT2D eigenvalue weighted by Crippen LogP contribution is -2.12. The number of nitrogens with two attached hydrogens (primary N) is 2. The molecule has 0 atom stereocenters. The number of pyridine rings is 1. The summed E-state index contributed by atoms with van der Waals surface area (Å²) in [6, 6.07) is 3.56. The highest BCUT2D eigenvalue weighted by Gasteiger charge is 2.33. The maximum Gasteiger partial charge on any atom is 0.416 e. The number of methoxy groups -OCH3 is 1. The molecule has 0 aliphatic rings. The Bertz CT molecular complexity index is 1010. The number of nitrogens with zero attached hydrogens (tertiary/aromatic N) is 3. The Labute approximate surface area is 153 Å². The Kier molecular flexibility index (Phi) is 4.46. The van der Waals surface area contributed by atoms with Crippen molar-refractivity contribution in [3.63, 3.8) is 0 Å². The topological polar surface area (TPSA) is 92.0 Å². The molecule has 3 rings (SSSR count). The van der Waals surface area contributed by atoms with Crippen molar-refractivity contribution < 1.29 is 17.9 Å². The molecular weight excluding hydrogens is 359 g/mol. The van der Waals surface area contributed by atoms with Gasteiger partial charge in [-0.25, -0.2) is 4.98 Å². The van der Waals surface area contributed by atoms with Crippen molar-refractivity contribution in [2.45, 2.75) is 20.0 Å². The van der Waals surface area contributed by atoms with Gasteiger partial charge in [0.25, 0.3) is 0 Å². The second-order valence-electron chi connectivity index (χ2n) is 6.04. The van der Waals surface area contributed by atoms with Gasteiger partial charge in [-0.05, 0) is 37.6 Å². The number of rotatable bonds is 3. The Morgan fingerprint density at radius 1 is 1.15 bits per heavy atom. The van der Waals surface area contributed by atoms with E-state index >= 15 is 0 Å².